The zero-order valence-electron chi connectivity index (χ0n) is 11.1. The molecule has 2 aromatic rings. The van der Waals surface area contributed by atoms with Crippen molar-refractivity contribution in [1.29, 1.82) is 0 Å². The standard InChI is InChI=1S/C15H20N2O/c1-3-9-17(4-2)15(18)10-12-11-16-14-8-6-5-7-13(12)14/h5-8,11,16H,3-4,9-10H2,1-2H3. The molecule has 1 aromatic carbocycles. The average molecular weight is 244 g/mol. The molecule has 1 aromatic heterocycles. The first-order chi connectivity index (χ1) is 8.76. The van der Waals surface area contributed by atoms with E-state index in [1.165, 1.54) is 0 Å². The van der Waals surface area contributed by atoms with Crippen molar-refractivity contribution in [3.8, 4) is 0 Å². The van der Waals surface area contributed by atoms with Gasteiger partial charge in [0.05, 0.1) is 6.42 Å². The first-order valence-electron chi connectivity index (χ1n) is 6.59. The van der Waals surface area contributed by atoms with Crippen molar-refractivity contribution in [2.24, 2.45) is 0 Å². The van der Waals surface area contributed by atoms with Crippen LogP contribution in [0.1, 0.15) is 25.8 Å². The normalized spacial score (nSPS) is 10.8. The molecule has 1 N–H and O–H groups in total. The highest BCUT2D eigenvalue weighted by atomic mass is 16.2. The maximum Gasteiger partial charge on any atom is 0.227 e. The van der Waals surface area contributed by atoms with Crippen LogP contribution < -0.4 is 0 Å². The van der Waals surface area contributed by atoms with Crippen LogP contribution in [-0.2, 0) is 11.2 Å². The Bertz CT molecular complexity index is 530. The summed E-state index contributed by atoms with van der Waals surface area (Å²) in [6, 6.07) is 8.10. The van der Waals surface area contributed by atoms with Gasteiger partial charge in [0.2, 0.25) is 5.91 Å². The fourth-order valence-electron chi connectivity index (χ4n) is 2.28. The molecule has 0 aliphatic rings. The van der Waals surface area contributed by atoms with Crippen molar-refractivity contribution in [2.45, 2.75) is 26.7 Å². The molecular weight excluding hydrogens is 224 g/mol. The summed E-state index contributed by atoms with van der Waals surface area (Å²) in [5, 5.41) is 1.15. The highest BCUT2D eigenvalue weighted by molar-refractivity contribution is 5.88. The van der Waals surface area contributed by atoms with E-state index in [1.54, 1.807) is 0 Å². The number of para-hydroxylation sites is 1. The number of aromatic amines is 1. The minimum atomic E-state index is 0.212. The second-order valence-corrected chi connectivity index (χ2v) is 4.51. The number of H-pyrrole nitrogens is 1. The zero-order valence-corrected chi connectivity index (χ0v) is 11.1. The second kappa shape index (κ2) is 5.71. The molecule has 0 saturated heterocycles. The van der Waals surface area contributed by atoms with E-state index in [2.05, 4.69) is 18.0 Å². The molecule has 0 aliphatic heterocycles. The molecule has 2 rings (SSSR count). The molecule has 18 heavy (non-hydrogen) atoms. The number of hydrogen-bond acceptors (Lipinski definition) is 1. The van der Waals surface area contributed by atoms with Crippen molar-refractivity contribution >= 4 is 16.8 Å². The minimum Gasteiger partial charge on any atom is -0.361 e. The first kappa shape index (κ1) is 12.7. The Labute approximate surface area is 108 Å². The van der Waals surface area contributed by atoms with Crippen molar-refractivity contribution in [3.63, 3.8) is 0 Å². The fourth-order valence-corrected chi connectivity index (χ4v) is 2.28. The molecular formula is C15H20N2O. The van der Waals surface area contributed by atoms with Crippen LogP contribution in [0.15, 0.2) is 30.5 Å². The molecule has 3 heteroatoms. The topological polar surface area (TPSA) is 36.1 Å². The number of carbonyl (C=O) groups is 1. The van der Waals surface area contributed by atoms with Gasteiger partial charge in [-0.3, -0.25) is 4.79 Å². The largest absolute Gasteiger partial charge is 0.361 e. The Hall–Kier alpha value is -1.77. The summed E-state index contributed by atoms with van der Waals surface area (Å²) in [7, 11) is 0. The molecule has 0 saturated carbocycles. The van der Waals surface area contributed by atoms with E-state index in [0.717, 1.165) is 36.0 Å². The Balaban J connectivity index is 2.16. The lowest BCUT2D eigenvalue weighted by Gasteiger charge is -2.19. The molecule has 0 bridgehead atoms. The van der Waals surface area contributed by atoms with E-state index in [1.807, 2.05) is 36.2 Å². The van der Waals surface area contributed by atoms with Crippen molar-refractivity contribution in [3.05, 3.63) is 36.0 Å². The van der Waals surface area contributed by atoms with Gasteiger partial charge in [-0.25, -0.2) is 0 Å². The van der Waals surface area contributed by atoms with Gasteiger partial charge in [-0.05, 0) is 25.0 Å². The zero-order chi connectivity index (χ0) is 13.0. The molecule has 96 valence electrons. The number of nitrogens with one attached hydrogen (secondary N) is 1. The fraction of sp³-hybridized carbons (Fsp3) is 0.400. The Morgan fingerprint density at radius 2 is 2.06 bits per heavy atom. The Morgan fingerprint density at radius 1 is 1.28 bits per heavy atom. The number of rotatable bonds is 5. The summed E-state index contributed by atoms with van der Waals surface area (Å²) in [6.07, 6.45) is 3.44. The molecule has 0 spiro atoms. The average Bonchev–Trinajstić information content (AvgIpc) is 2.79. The van der Waals surface area contributed by atoms with E-state index in [0.29, 0.717) is 6.42 Å². The third-order valence-electron chi connectivity index (χ3n) is 3.24. The van der Waals surface area contributed by atoms with Crippen LogP contribution in [0.25, 0.3) is 10.9 Å². The number of likely N-dealkylation sites (N-methyl/N-ethyl adjacent to an activating group) is 1. The molecule has 0 fully saturated rings. The van der Waals surface area contributed by atoms with Crippen molar-refractivity contribution < 1.29 is 4.79 Å². The smallest absolute Gasteiger partial charge is 0.227 e. The van der Waals surface area contributed by atoms with Gasteiger partial charge < -0.3 is 9.88 Å². The van der Waals surface area contributed by atoms with E-state index in [9.17, 15) is 4.79 Å². The number of carbonyl (C=O) groups excluding carboxylic acids is 1. The van der Waals surface area contributed by atoms with E-state index in [-0.39, 0.29) is 5.91 Å². The summed E-state index contributed by atoms with van der Waals surface area (Å²) in [6.45, 7) is 5.76. The predicted molar refractivity (Wildman–Crippen MR) is 74.5 cm³/mol. The quantitative estimate of drug-likeness (QED) is 0.862. The molecule has 3 nitrogen and oxygen atoms in total. The predicted octanol–water partition coefficient (Wildman–Crippen LogP) is 2.97. The van der Waals surface area contributed by atoms with E-state index < -0.39 is 0 Å². The van der Waals surface area contributed by atoms with Gasteiger partial charge in [-0.2, -0.15) is 0 Å². The van der Waals surface area contributed by atoms with Gasteiger partial charge in [0.1, 0.15) is 0 Å². The SMILES string of the molecule is CCCN(CC)C(=O)Cc1c[nH]c2ccccc12. The molecule has 1 amide bonds. The monoisotopic (exact) mass is 244 g/mol. The lowest BCUT2D eigenvalue weighted by Crippen LogP contribution is -2.32. The van der Waals surface area contributed by atoms with Gasteiger partial charge in [0.25, 0.3) is 0 Å². The van der Waals surface area contributed by atoms with Crippen LogP contribution in [0.5, 0.6) is 0 Å². The van der Waals surface area contributed by atoms with Crippen LogP contribution in [0.3, 0.4) is 0 Å². The lowest BCUT2D eigenvalue weighted by molar-refractivity contribution is -0.130. The van der Waals surface area contributed by atoms with Crippen molar-refractivity contribution in [2.75, 3.05) is 13.1 Å². The highest BCUT2D eigenvalue weighted by Gasteiger charge is 2.13. The number of fused-ring (bicyclic) bond motifs is 1. The van der Waals surface area contributed by atoms with Crippen LogP contribution in [0.2, 0.25) is 0 Å². The molecule has 0 aliphatic carbocycles. The maximum atomic E-state index is 12.2. The third kappa shape index (κ3) is 2.55. The van der Waals surface area contributed by atoms with Gasteiger partial charge in [-0.15, -0.1) is 0 Å². The lowest BCUT2D eigenvalue weighted by atomic mass is 10.1. The number of hydrogen-bond donors (Lipinski definition) is 1. The van der Waals surface area contributed by atoms with Gasteiger partial charge in [0.15, 0.2) is 0 Å². The van der Waals surface area contributed by atoms with Crippen molar-refractivity contribution in [1.82, 2.24) is 9.88 Å². The van der Waals surface area contributed by atoms with Crippen LogP contribution in [-0.4, -0.2) is 28.9 Å². The summed E-state index contributed by atoms with van der Waals surface area (Å²) in [5.41, 5.74) is 2.18. The third-order valence-corrected chi connectivity index (χ3v) is 3.24. The molecule has 0 radical (unpaired) electrons. The Kier molecular flexibility index (Phi) is 4.03. The van der Waals surface area contributed by atoms with E-state index in [4.69, 9.17) is 0 Å². The maximum absolute atomic E-state index is 12.2. The van der Waals surface area contributed by atoms with Crippen LogP contribution >= 0.6 is 0 Å². The van der Waals surface area contributed by atoms with E-state index >= 15 is 0 Å². The highest BCUT2D eigenvalue weighted by Crippen LogP contribution is 2.18. The molecule has 1 heterocycles. The molecule has 0 unspecified atom stereocenters. The number of aromatic nitrogens is 1. The minimum absolute atomic E-state index is 0.212. The van der Waals surface area contributed by atoms with Gasteiger partial charge in [-0.1, -0.05) is 25.1 Å². The van der Waals surface area contributed by atoms with Crippen LogP contribution in [0.4, 0.5) is 0 Å². The van der Waals surface area contributed by atoms with Gasteiger partial charge >= 0.3 is 0 Å². The second-order valence-electron chi connectivity index (χ2n) is 4.51. The number of nitrogens with zero attached hydrogens (tertiary/aromatic N) is 1. The number of benzene rings is 1. The van der Waals surface area contributed by atoms with Gasteiger partial charge in [0, 0.05) is 30.2 Å². The number of amides is 1. The summed E-state index contributed by atoms with van der Waals surface area (Å²) in [5.74, 6) is 0.212. The summed E-state index contributed by atoms with van der Waals surface area (Å²) < 4.78 is 0. The molecule has 0 atom stereocenters. The first-order valence-corrected chi connectivity index (χ1v) is 6.59. The van der Waals surface area contributed by atoms with Crippen LogP contribution in [0, 0.1) is 0 Å². The summed E-state index contributed by atoms with van der Waals surface area (Å²) in [4.78, 5) is 17.3. The Morgan fingerprint density at radius 3 is 2.78 bits per heavy atom. The summed E-state index contributed by atoms with van der Waals surface area (Å²) >= 11 is 0.